The van der Waals surface area contributed by atoms with Crippen LogP contribution in [0.4, 0.5) is 5.69 Å². The van der Waals surface area contributed by atoms with Crippen LogP contribution in [0.25, 0.3) is 0 Å². The van der Waals surface area contributed by atoms with Crippen molar-refractivity contribution >= 4 is 22.9 Å². The second-order valence-electron chi connectivity index (χ2n) is 3.91. The second kappa shape index (κ2) is 5.64. The summed E-state index contributed by atoms with van der Waals surface area (Å²) in [5.74, 6) is -0.0850. The van der Waals surface area contributed by atoms with Gasteiger partial charge in [0.2, 0.25) is 0 Å². The van der Waals surface area contributed by atoms with Crippen LogP contribution in [-0.4, -0.2) is 17.9 Å². The molecule has 0 unspecified atom stereocenters. The molecule has 0 aliphatic carbocycles. The molecule has 0 atom stereocenters. The first kappa shape index (κ1) is 12.6. The molecule has 94 valence electrons. The van der Waals surface area contributed by atoms with Gasteiger partial charge in [-0.05, 0) is 19.1 Å². The zero-order chi connectivity index (χ0) is 13.0. The Balaban J connectivity index is 2.10. The summed E-state index contributed by atoms with van der Waals surface area (Å²) in [5, 5.41) is 8.70. The van der Waals surface area contributed by atoms with Gasteiger partial charge in [-0.25, -0.2) is 4.98 Å². The van der Waals surface area contributed by atoms with E-state index in [0.717, 1.165) is 16.3 Å². The minimum atomic E-state index is -0.0850. The first-order valence-electron chi connectivity index (χ1n) is 5.65. The van der Waals surface area contributed by atoms with Crippen LogP contribution in [0.15, 0.2) is 29.8 Å². The molecule has 0 saturated heterocycles. The highest BCUT2D eigenvalue weighted by Crippen LogP contribution is 2.17. The third-order valence-electron chi connectivity index (χ3n) is 2.57. The number of carbonyl (C=O) groups excluding carboxylic acids is 1. The maximum atomic E-state index is 12.1. The summed E-state index contributed by atoms with van der Waals surface area (Å²) in [6.45, 7) is 2.44. The van der Waals surface area contributed by atoms with Crippen LogP contribution in [0, 0.1) is 6.92 Å². The summed E-state index contributed by atoms with van der Waals surface area (Å²) in [6.07, 6.45) is 1.73. The fraction of sp³-hybridized carbons (Fsp3) is 0.231. The summed E-state index contributed by atoms with van der Waals surface area (Å²) in [6, 6.07) is 5.76. The van der Waals surface area contributed by atoms with Gasteiger partial charge in [0.25, 0.3) is 5.91 Å². The zero-order valence-electron chi connectivity index (χ0n) is 10.4. The van der Waals surface area contributed by atoms with Gasteiger partial charge in [-0.1, -0.05) is 11.6 Å². The van der Waals surface area contributed by atoms with Crippen molar-refractivity contribution in [1.29, 1.82) is 0 Å². The third-order valence-corrected chi connectivity index (χ3v) is 3.35. The standard InChI is InChI=1S/C13H15N3OS/c1-9-3-4-11(14-2)10(7-9)13(17)16-8-12-15-5-6-18-12/h3-7,14H,8H2,1-2H3,(H,16,17). The molecule has 1 amide bonds. The SMILES string of the molecule is CNc1ccc(C)cc1C(=O)NCc1nccs1. The number of anilines is 1. The summed E-state index contributed by atoms with van der Waals surface area (Å²) in [7, 11) is 1.81. The second-order valence-corrected chi connectivity index (χ2v) is 4.89. The molecule has 0 fully saturated rings. The molecular weight excluding hydrogens is 246 g/mol. The first-order valence-corrected chi connectivity index (χ1v) is 6.53. The van der Waals surface area contributed by atoms with Gasteiger partial charge < -0.3 is 10.6 Å². The van der Waals surface area contributed by atoms with Crippen LogP contribution in [0.1, 0.15) is 20.9 Å². The Kier molecular flexibility index (Phi) is 3.94. The average molecular weight is 261 g/mol. The zero-order valence-corrected chi connectivity index (χ0v) is 11.2. The largest absolute Gasteiger partial charge is 0.387 e. The number of thiazole rings is 1. The van der Waals surface area contributed by atoms with E-state index in [9.17, 15) is 4.79 Å². The predicted octanol–water partition coefficient (Wildman–Crippen LogP) is 2.42. The molecule has 0 aliphatic heterocycles. The van der Waals surface area contributed by atoms with E-state index in [-0.39, 0.29) is 5.91 Å². The number of rotatable bonds is 4. The number of benzene rings is 1. The molecule has 1 aromatic heterocycles. The molecule has 1 heterocycles. The molecule has 18 heavy (non-hydrogen) atoms. The molecule has 2 aromatic rings. The van der Waals surface area contributed by atoms with Crippen molar-refractivity contribution in [3.63, 3.8) is 0 Å². The summed E-state index contributed by atoms with van der Waals surface area (Å²) in [5.41, 5.74) is 2.56. The van der Waals surface area contributed by atoms with Gasteiger partial charge in [0, 0.05) is 24.3 Å². The molecule has 0 bridgehead atoms. The molecule has 0 saturated carbocycles. The van der Waals surface area contributed by atoms with Gasteiger partial charge in [0.15, 0.2) is 0 Å². The Bertz CT molecular complexity index is 537. The Morgan fingerprint density at radius 1 is 1.44 bits per heavy atom. The molecule has 5 heteroatoms. The highest BCUT2D eigenvalue weighted by molar-refractivity contribution is 7.09. The Hall–Kier alpha value is -1.88. The van der Waals surface area contributed by atoms with Crippen LogP contribution in [0.5, 0.6) is 0 Å². The van der Waals surface area contributed by atoms with Crippen molar-refractivity contribution in [2.24, 2.45) is 0 Å². The van der Waals surface area contributed by atoms with Crippen molar-refractivity contribution in [1.82, 2.24) is 10.3 Å². The van der Waals surface area contributed by atoms with E-state index in [4.69, 9.17) is 0 Å². The van der Waals surface area contributed by atoms with E-state index in [2.05, 4.69) is 15.6 Å². The lowest BCUT2D eigenvalue weighted by Crippen LogP contribution is -2.23. The quantitative estimate of drug-likeness (QED) is 0.888. The van der Waals surface area contributed by atoms with Crippen molar-refractivity contribution in [2.45, 2.75) is 13.5 Å². The van der Waals surface area contributed by atoms with E-state index in [1.54, 1.807) is 6.20 Å². The van der Waals surface area contributed by atoms with E-state index in [0.29, 0.717) is 12.1 Å². The normalized spacial score (nSPS) is 10.1. The number of amides is 1. The van der Waals surface area contributed by atoms with E-state index in [1.165, 1.54) is 11.3 Å². The minimum Gasteiger partial charge on any atom is -0.387 e. The molecule has 0 radical (unpaired) electrons. The van der Waals surface area contributed by atoms with E-state index < -0.39 is 0 Å². The molecule has 0 aliphatic rings. The number of aryl methyl sites for hydroxylation is 1. The van der Waals surface area contributed by atoms with Crippen molar-refractivity contribution in [3.05, 3.63) is 45.9 Å². The molecule has 4 nitrogen and oxygen atoms in total. The number of carbonyl (C=O) groups is 1. The predicted molar refractivity (Wildman–Crippen MR) is 74.0 cm³/mol. The van der Waals surface area contributed by atoms with Crippen molar-refractivity contribution in [3.8, 4) is 0 Å². The van der Waals surface area contributed by atoms with Gasteiger partial charge in [-0.15, -0.1) is 11.3 Å². The van der Waals surface area contributed by atoms with Crippen molar-refractivity contribution < 1.29 is 4.79 Å². The average Bonchev–Trinajstić information content (AvgIpc) is 2.89. The fourth-order valence-electron chi connectivity index (χ4n) is 1.66. The number of aromatic nitrogens is 1. The van der Waals surface area contributed by atoms with Crippen LogP contribution < -0.4 is 10.6 Å². The Labute approximate surface area is 110 Å². The van der Waals surface area contributed by atoms with Gasteiger partial charge in [0.1, 0.15) is 5.01 Å². The molecule has 2 N–H and O–H groups in total. The van der Waals surface area contributed by atoms with Crippen LogP contribution in [0.3, 0.4) is 0 Å². The first-order chi connectivity index (χ1) is 8.70. The smallest absolute Gasteiger partial charge is 0.253 e. The topological polar surface area (TPSA) is 54.0 Å². The van der Waals surface area contributed by atoms with Gasteiger partial charge >= 0.3 is 0 Å². The lowest BCUT2D eigenvalue weighted by Gasteiger charge is -2.10. The van der Waals surface area contributed by atoms with E-state index >= 15 is 0 Å². The van der Waals surface area contributed by atoms with Crippen LogP contribution in [0.2, 0.25) is 0 Å². The highest BCUT2D eigenvalue weighted by atomic mass is 32.1. The van der Waals surface area contributed by atoms with Crippen molar-refractivity contribution in [2.75, 3.05) is 12.4 Å². The van der Waals surface area contributed by atoms with Gasteiger partial charge in [0.05, 0.1) is 12.1 Å². The Morgan fingerprint density at radius 2 is 2.28 bits per heavy atom. The lowest BCUT2D eigenvalue weighted by atomic mass is 10.1. The monoisotopic (exact) mass is 261 g/mol. The maximum Gasteiger partial charge on any atom is 0.253 e. The number of nitrogens with one attached hydrogen (secondary N) is 2. The molecular formula is C13H15N3OS. The number of hydrogen-bond donors (Lipinski definition) is 2. The minimum absolute atomic E-state index is 0.0850. The number of nitrogens with zero attached hydrogens (tertiary/aromatic N) is 1. The van der Waals surface area contributed by atoms with Gasteiger partial charge in [-0.3, -0.25) is 4.79 Å². The number of hydrogen-bond acceptors (Lipinski definition) is 4. The highest BCUT2D eigenvalue weighted by Gasteiger charge is 2.11. The maximum absolute atomic E-state index is 12.1. The van der Waals surface area contributed by atoms with Gasteiger partial charge in [-0.2, -0.15) is 0 Å². The summed E-state index contributed by atoms with van der Waals surface area (Å²) in [4.78, 5) is 16.2. The Morgan fingerprint density at radius 3 is 2.94 bits per heavy atom. The third kappa shape index (κ3) is 2.87. The molecule has 1 aromatic carbocycles. The summed E-state index contributed by atoms with van der Waals surface area (Å²) >= 11 is 1.53. The molecule has 2 rings (SSSR count). The van der Waals surface area contributed by atoms with Crippen LogP contribution in [-0.2, 0) is 6.54 Å². The fourth-order valence-corrected chi connectivity index (χ4v) is 2.21. The van der Waals surface area contributed by atoms with E-state index in [1.807, 2.05) is 37.6 Å². The summed E-state index contributed by atoms with van der Waals surface area (Å²) < 4.78 is 0. The van der Waals surface area contributed by atoms with Crippen LogP contribution >= 0.6 is 11.3 Å². The lowest BCUT2D eigenvalue weighted by molar-refractivity contribution is 0.0951. The molecule has 0 spiro atoms.